The van der Waals surface area contributed by atoms with E-state index in [0.717, 1.165) is 60.6 Å². The highest BCUT2D eigenvalue weighted by Gasteiger charge is 2.20. The van der Waals surface area contributed by atoms with E-state index in [4.69, 9.17) is 0 Å². The van der Waals surface area contributed by atoms with Gasteiger partial charge in [-0.3, -0.25) is 0 Å². The number of benzene rings is 6. The monoisotopic (exact) mass is 736 g/mol. The zero-order valence-electron chi connectivity index (χ0n) is 30.6. The number of halogens is 2. The number of para-hydroxylation sites is 3. The van der Waals surface area contributed by atoms with E-state index >= 15 is 8.78 Å². The molecule has 2 nitrogen and oxygen atoms in total. The van der Waals surface area contributed by atoms with Crippen LogP contribution in [0.5, 0.6) is 0 Å². The predicted octanol–water partition coefficient (Wildman–Crippen LogP) is 14.7. The molecule has 0 N–H and O–H groups in total. The zero-order chi connectivity index (χ0) is 38.1. The number of allylic oxidation sites excluding steroid dienone is 4. The van der Waals surface area contributed by atoms with Crippen LogP contribution < -0.4 is 9.80 Å². The standard InChI is InChI=1S/C50H38F2N2S/c1-4-7-18-39(6-3)53(40-19-11-8-12-20-40)43-29-25-36(26-30-43)46-35-49(38-33-47(51)45(17-5-2)48(52)34-38)55-50(46)37-27-31-44(32-28-37)54(41-21-13-9-14-22-41)42-23-15-10-16-24-42/h4,6-16,18-35H,3H2,1-2H3/b7-4-,39-18+. The lowest BCUT2D eigenvalue weighted by molar-refractivity contribution is 0.578. The zero-order valence-corrected chi connectivity index (χ0v) is 31.4. The van der Waals surface area contributed by atoms with Gasteiger partial charge in [0.2, 0.25) is 0 Å². The summed E-state index contributed by atoms with van der Waals surface area (Å²) < 4.78 is 30.4. The molecule has 6 aromatic carbocycles. The van der Waals surface area contributed by atoms with Crippen LogP contribution in [0.15, 0.2) is 194 Å². The summed E-state index contributed by atoms with van der Waals surface area (Å²) in [5.74, 6) is 3.81. The number of hydrogen-bond donors (Lipinski definition) is 0. The second kappa shape index (κ2) is 16.9. The van der Waals surface area contributed by atoms with Crippen molar-refractivity contribution in [3.05, 3.63) is 212 Å². The van der Waals surface area contributed by atoms with Crippen LogP contribution in [0, 0.1) is 23.5 Å². The van der Waals surface area contributed by atoms with E-state index in [1.165, 1.54) is 23.5 Å². The molecule has 0 aliphatic rings. The molecule has 0 saturated heterocycles. The van der Waals surface area contributed by atoms with Crippen LogP contribution in [0.1, 0.15) is 19.4 Å². The number of nitrogens with zero attached hydrogens (tertiary/aromatic N) is 2. The second-order valence-corrected chi connectivity index (χ2v) is 13.7. The SMILES string of the molecule is C=C/C(=C\C=C/C)N(c1ccccc1)c1ccc(-c2cc(-c3cc(F)c(C#CC)c(F)c3)sc2-c2ccc(N(c3ccccc3)c3ccccc3)cc2)cc1. The summed E-state index contributed by atoms with van der Waals surface area (Å²) in [5.41, 5.74) is 9.15. The summed E-state index contributed by atoms with van der Waals surface area (Å²) in [6.07, 6.45) is 7.87. The summed E-state index contributed by atoms with van der Waals surface area (Å²) in [4.78, 5) is 6.11. The van der Waals surface area contributed by atoms with Crippen molar-refractivity contribution >= 4 is 39.8 Å². The molecule has 0 atom stereocenters. The van der Waals surface area contributed by atoms with Gasteiger partial charge in [0.05, 0.1) is 5.56 Å². The minimum Gasteiger partial charge on any atom is -0.311 e. The molecular weight excluding hydrogens is 699 g/mol. The predicted molar refractivity (Wildman–Crippen MR) is 229 cm³/mol. The van der Waals surface area contributed by atoms with Gasteiger partial charge in [-0.2, -0.15) is 0 Å². The average molecular weight is 737 g/mol. The first-order chi connectivity index (χ1) is 27.0. The van der Waals surface area contributed by atoms with Gasteiger partial charge in [-0.15, -0.1) is 17.3 Å². The average Bonchev–Trinajstić information content (AvgIpc) is 3.68. The topological polar surface area (TPSA) is 6.48 Å². The van der Waals surface area contributed by atoms with E-state index < -0.39 is 11.6 Å². The van der Waals surface area contributed by atoms with Crippen LogP contribution in [-0.4, -0.2) is 0 Å². The molecule has 0 fully saturated rings. The van der Waals surface area contributed by atoms with Crippen molar-refractivity contribution in [3.63, 3.8) is 0 Å². The molecule has 0 unspecified atom stereocenters. The van der Waals surface area contributed by atoms with Crippen molar-refractivity contribution in [2.24, 2.45) is 0 Å². The van der Waals surface area contributed by atoms with E-state index in [2.05, 4.69) is 113 Å². The Morgan fingerprint density at radius 1 is 0.618 bits per heavy atom. The molecule has 268 valence electrons. The van der Waals surface area contributed by atoms with E-state index in [1.54, 1.807) is 6.92 Å². The Bertz CT molecular complexity index is 2460. The fourth-order valence-corrected chi connectivity index (χ4v) is 7.70. The van der Waals surface area contributed by atoms with Crippen LogP contribution in [0.25, 0.3) is 32.0 Å². The molecule has 0 aliphatic carbocycles. The summed E-state index contributed by atoms with van der Waals surface area (Å²) in [6, 6.07) is 52.3. The third-order valence-electron chi connectivity index (χ3n) is 9.10. The van der Waals surface area contributed by atoms with Crippen LogP contribution in [0.4, 0.5) is 37.2 Å². The molecule has 0 radical (unpaired) electrons. The van der Waals surface area contributed by atoms with Gasteiger partial charge in [0.25, 0.3) is 0 Å². The summed E-state index contributed by atoms with van der Waals surface area (Å²) in [5, 5.41) is 0. The van der Waals surface area contributed by atoms with Gasteiger partial charge in [-0.25, -0.2) is 8.78 Å². The molecule has 1 heterocycles. The normalized spacial score (nSPS) is 11.2. The summed E-state index contributed by atoms with van der Waals surface area (Å²) >= 11 is 1.51. The van der Waals surface area contributed by atoms with Crippen molar-refractivity contribution in [3.8, 4) is 43.8 Å². The smallest absolute Gasteiger partial charge is 0.142 e. The Labute approximate surface area is 326 Å². The molecule has 1 aromatic heterocycles. The quantitative estimate of drug-likeness (QED) is 0.0964. The fourth-order valence-electron chi connectivity index (χ4n) is 6.53. The third-order valence-corrected chi connectivity index (χ3v) is 10.3. The van der Waals surface area contributed by atoms with Gasteiger partial charge >= 0.3 is 0 Å². The molecule has 55 heavy (non-hydrogen) atoms. The van der Waals surface area contributed by atoms with Crippen LogP contribution in [0.3, 0.4) is 0 Å². The molecule has 0 aliphatic heterocycles. The minimum atomic E-state index is -0.679. The van der Waals surface area contributed by atoms with Gasteiger partial charge in [-0.05, 0) is 122 Å². The van der Waals surface area contributed by atoms with Crippen LogP contribution >= 0.6 is 11.3 Å². The van der Waals surface area contributed by atoms with Gasteiger partial charge in [0.1, 0.15) is 11.6 Å². The van der Waals surface area contributed by atoms with Crippen molar-refractivity contribution in [1.82, 2.24) is 0 Å². The lowest BCUT2D eigenvalue weighted by Crippen LogP contribution is -2.14. The Kier molecular flexibility index (Phi) is 11.3. The third kappa shape index (κ3) is 7.96. The Hall–Kier alpha value is -6.74. The van der Waals surface area contributed by atoms with Crippen molar-refractivity contribution < 1.29 is 8.78 Å². The molecule has 7 rings (SSSR count). The van der Waals surface area contributed by atoms with Crippen LogP contribution in [0.2, 0.25) is 0 Å². The Balaban J connectivity index is 1.34. The molecular formula is C50H38F2N2S. The lowest BCUT2D eigenvalue weighted by atomic mass is 10.00. The number of hydrogen-bond acceptors (Lipinski definition) is 3. The maximum Gasteiger partial charge on any atom is 0.142 e. The summed E-state index contributed by atoms with van der Waals surface area (Å²) in [7, 11) is 0. The van der Waals surface area contributed by atoms with E-state index in [-0.39, 0.29) is 5.56 Å². The number of anilines is 5. The maximum absolute atomic E-state index is 15.2. The van der Waals surface area contributed by atoms with Gasteiger partial charge in [0.15, 0.2) is 0 Å². The fraction of sp³-hybridized carbons (Fsp3) is 0.0400. The first kappa shape index (κ1) is 36.6. The molecule has 7 aromatic rings. The van der Waals surface area contributed by atoms with E-state index in [0.29, 0.717) is 5.56 Å². The lowest BCUT2D eigenvalue weighted by Gasteiger charge is -2.26. The molecule has 0 amide bonds. The van der Waals surface area contributed by atoms with Gasteiger partial charge < -0.3 is 9.80 Å². The van der Waals surface area contributed by atoms with Gasteiger partial charge in [-0.1, -0.05) is 104 Å². The minimum absolute atomic E-state index is 0.221. The maximum atomic E-state index is 15.2. The highest BCUT2D eigenvalue weighted by Crippen LogP contribution is 2.45. The largest absolute Gasteiger partial charge is 0.311 e. The molecule has 0 saturated carbocycles. The molecule has 5 heteroatoms. The second-order valence-electron chi connectivity index (χ2n) is 12.6. The Morgan fingerprint density at radius 2 is 1.11 bits per heavy atom. The van der Waals surface area contributed by atoms with Crippen molar-refractivity contribution in [2.45, 2.75) is 13.8 Å². The first-order valence-corrected chi connectivity index (χ1v) is 18.8. The molecule has 0 spiro atoms. The highest BCUT2D eigenvalue weighted by molar-refractivity contribution is 7.19. The molecule has 0 bridgehead atoms. The van der Waals surface area contributed by atoms with Crippen molar-refractivity contribution in [1.29, 1.82) is 0 Å². The number of rotatable bonds is 11. The van der Waals surface area contributed by atoms with Crippen LogP contribution in [-0.2, 0) is 0 Å². The summed E-state index contributed by atoms with van der Waals surface area (Å²) in [6.45, 7) is 7.65. The van der Waals surface area contributed by atoms with Crippen molar-refractivity contribution in [2.75, 3.05) is 9.80 Å². The first-order valence-electron chi connectivity index (χ1n) is 18.0. The Morgan fingerprint density at radius 3 is 1.64 bits per heavy atom. The number of thiophene rings is 1. The van der Waals surface area contributed by atoms with E-state index in [9.17, 15) is 0 Å². The highest BCUT2D eigenvalue weighted by atomic mass is 32.1. The van der Waals surface area contributed by atoms with Gasteiger partial charge in [0, 0.05) is 49.5 Å². The van der Waals surface area contributed by atoms with E-state index in [1.807, 2.05) is 91.9 Å².